The molecule has 0 unspecified atom stereocenters. The molecule has 4 aromatic rings. The van der Waals surface area contributed by atoms with Gasteiger partial charge in [0.05, 0.1) is 27.8 Å². The minimum Gasteiger partial charge on any atom is -0.507 e. The van der Waals surface area contributed by atoms with E-state index in [-0.39, 0.29) is 5.75 Å². The number of nitrogens with one attached hydrogen (secondary N) is 1. The van der Waals surface area contributed by atoms with E-state index in [1.54, 1.807) is 42.5 Å². The highest BCUT2D eigenvalue weighted by molar-refractivity contribution is 7.22. The van der Waals surface area contributed by atoms with Gasteiger partial charge in [-0.05, 0) is 48.5 Å². The van der Waals surface area contributed by atoms with Crippen molar-refractivity contribution in [2.24, 2.45) is 15.3 Å². The van der Waals surface area contributed by atoms with Crippen molar-refractivity contribution in [3.8, 4) is 5.75 Å². The minimum absolute atomic E-state index is 0.0940. The smallest absolute Gasteiger partial charge is 0.204 e. The molecule has 138 valence electrons. The molecule has 6 nitrogen and oxygen atoms in total. The minimum atomic E-state index is 0.0940. The number of aromatic nitrogens is 1. The predicted molar refractivity (Wildman–Crippen MR) is 115 cm³/mol. The third-order valence-corrected chi connectivity index (χ3v) is 4.93. The van der Waals surface area contributed by atoms with Crippen LogP contribution in [0.4, 0.5) is 16.5 Å². The molecule has 0 amide bonds. The highest BCUT2D eigenvalue weighted by Gasteiger charge is 2.03. The van der Waals surface area contributed by atoms with Gasteiger partial charge in [0, 0.05) is 10.6 Å². The van der Waals surface area contributed by atoms with E-state index in [1.807, 2.05) is 24.3 Å². The van der Waals surface area contributed by atoms with Crippen molar-refractivity contribution in [1.82, 2.24) is 4.98 Å². The van der Waals surface area contributed by atoms with Crippen molar-refractivity contribution in [3.05, 3.63) is 77.3 Å². The molecule has 0 saturated carbocycles. The standard InChI is InChI=1S/C20H14ClN5OS/c21-14-4-3-5-15(11-14)24-25-16-8-9-18(27)13(10-16)12-22-26-20-23-17-6-1-2-7-19(17)28-20/h1-12,27H,(H,23,26)/b22-12-,25-24?. The van der Waals surface area contributed by atoms with Gasteiger partial charge in [0.25, 0.3) is 0 Å². The Morgan fingerprint density at radius 2 is 1.79 bits per heavy atom. The maximum atomic E-state index is 10.0. The summed E-state index contributed by atoms with van der Waals surface area (Å²) >= 11 is 7.45. The zero-order valence-corrected chi connectivity index (χ0v) is 16.0. The number of hydrogen-bond donors (Lipinski definition) is 2. The average molecular weight is 408 g/mol. The summed E-state index contributed by atoms with van der Waals surface area (Å²) in [6.45, 7) is 0. The topological polar surface area (TPSA) is 82.2 Å². The Kier molecular flexibility index (Phi) is 5.27. The monoisotopic (exact) mass is 407 g/mol. The summed E-state index contributed by atoms with van der Waals surface area (Å²) in [6.07, 6.45) is 1.51. The fraction of sp³-hybridized carbons (Fsp3) is 0. The summed E-state index contributed by atoms with van der Waals surface area (Å²) in [6, 6.07) is 19.9. The van der Waals surface area contributed by atoms with E-state index >= 15 is 0 Å². The van der Waals surface area contributed by atoms with Gasteiger partial charge < -0.3 is 5.11 Å². The van der Waals surface area contributed by atoms with Crippen molar-refractivity contribution in [2.45, 2.75) is 0 Å². The third kappa shape index (κ3) is 4.33. The maximum Gasteiger partial charge on any atom is 0.204 e. The van der Waals surface area contributed by atoms with Gasteiger partial charge in [-0.1, -0.05) is 41.1 Å². The Hall–Kier alpha value is -3.29. The van der Waals surface area contributed by atoms with Crippen LogP contribution in [0.1, 0.15) is 5.56 Å². The SMILES string of the molecule is Oc1ccc(N=Nc2cccc(Cl)c2)cc1/C=N\Nc1nc2ccccc2s1. The zero-order valence-electron chi connectivity index (χ0n) is 14.5. The quantitative estimate of drug-likeness (QED) is 0.224. The number of benzene rings is 3. The predicted octanol–water partition coefficient (Wildman–Crippen LogP) is 6.52. The van der Waals surface area contributed by atoms with E-state index in [0.29, 0.717) is 27.1 Å². The van der Waals surface area contributed by atoms with Crippen molar-refractivity contribution in [3.63, 3.8) is 0 Å². The van der Waals surface area contributed by atoms with Gasteiger partial charge in [0.2, 0.25) is 5.13 Å². The highest BCUT2D eigenvalue weighted by Crippen LogP contribution is 2.27. The van der Waals surface area contributed by atoms with Crippen LogP contribution in [0, 0.1) is 0 Å². The first-order valence-electron chi connectivity index (χ1n) is 8.32. The summed E-state index contributed by atoms with van der Waals surface area (Å²) in [5.74, 6) is 0.0940. The van der Waals surface area contributed by atoms with Crippen LogP contribution < -0.4 is 5.43 Å². The number of phenols is 1. The van der Waals surface area contributed by atoms with Crippen molar-refractivity contribution < 1.29 is 5.11 Å². The van der Waals surface area contributed by atoms with E-state index in [4.69, 9.17) is 11.6 Å². The Labute approximate surface area is 169 Å². The number of rotatable bonds is 5. The molecule has 3 aromatic carbocycles. The first-order valence-corrected chi connectivity index (χ1v) is 9.52. The normalized spacial score (nSPS) is 11.6. The fourth-order valence-corrected chi connectivity index (χ4v) is 3.44. The molecule has 4 rings (SSSR count). The summed E-state index contributed by atoms with van der Waals surface area (Å²) in [5, 5.41) is 23.8. The first-order chi connectivity index (χ1) is 13.7. The number of anilines is 1. The van der Waals surface area contributed by atoms with Crippen LogP contribution in [0.2, 0.25) is 5.02 Å². The Bertz CT molecular complexity index is 1160. The van der Waals surface area contributed by atoms with E-state index in [1.165, 1.54) is 17.6 Å². The molecule has 2 N–H and O–H groups in total. The molecule has 0 spiro atoms. The largest absolute Gasteiger partial charge is 0.507 e. The molecule has 0 bridgehead atoms. The van der Waals surface area contributed by atoms with Gasteiger partial charge in [-0.15, -0.1) is 0 Å². The van der Waals surface area contributed by atoms with Gasteiger partial charge >= 0.3 is 0 Å². The van der Waals surface area contributed by atoms with Crippen molar-refractivity contribution in [2.75, 3.05) is 5.43 Å². The number of phenolic OH excluding ortho intramolecular Hbond substituents is 1. The maximum absolute atomic E-state index is 10.0. The van der Waals surface area contributed by atoms with Crippen LogP contribution in [0.5, 0.6) is 5.75 Å². The number of thiazole rings is 1. The summed E-state index contributed by atoms with van der Waals surface area (Å²) in [4.78, 5) is 4.44. The molecule has 0 fully saturated rings. The fourth-order valence-electron chi connectivity index (χ4n) is 2.44. The summed E-state index contributed by atoms with van der Waals surface area (Å²) in [5.41, 5.74) is 5.54. The molecule has 8 heteroatoms. The number of halogens is 1. The molecule has 28 heavy (non-hydrogen) atoms. The molecule has 1 heterocycles. The molecule has 0 aliphatic heterocycles. The lowest BCUT2D eigenvalue weighted by atomic mass is 10.2. The number of nitrogens with zero attached hydrogens (tertiary/aromatic N) is 4. The Morgan fingerprint density at radius 1 is 0.964 bits per heavy atom. The van der Waals surface area contributed by atoms with Crippen LogP contribution in [0.15, 0.2) is 82.1 Å². The van der Waals surface area contributed by atoms with E-state index in [9.17, 15) is 5.11 Å². The number of aromatic hydroxyl groups is 1. The first kappa shape index (κ1) is 18.1. The second kappa shape index (κ2) is 8.16. The number of fused-ring (bicyclic) bond motifs is 1. The molecular formula is C20H14ClN5OS. The van der Waals surface area contributed by atoms with E-state index < -0.39 is 0 Å². The van der Waals surface area contributed by atoms with Crippen molar-refractivity contribution >= 4 is 55.9 Å². The lowest BCUT2D eigenvalue weighted by molar-refractivity contribution is 0.474. The molecule has 0 saturated heterocycles. The molecule has 1 aromatic heterocycles. The summed E-state index contributed by atoms with van der Waals surface area (Å²) < 4.78 is 1.08. The Morgan fingerprint density at radius 3 is 2.61 bits per heavy atom. The van der Waals surface area contributed by atoms with Crippen LogP contribution in [-0.4, -0.2) is 16.3 Å². The van der Waals surface area contributed by atoms with Crippen LogP contribution in [0.3, 0.4) is 0 Å². The molecule has 0 aliphatic rings. The molecule has 0 aliphatic carbocycles. The highest BCUT2D eigenvalue weighted by atomic mass is 35.5. The number of hydrazone groups is 1. The van der Waals surface area contributed by atoms with Gasteiger partial charge in [-0.2, -0.15) is 15.3 Å². The van der Waals surface area contributed by atoms with E-state index in [2.05, 4.69) is 25.7 Å². The van der Waals surface area contributed by atoms with Crippen molar-refractivity contribution in [1.29, 1.82) is 0 Å². The lowest BCUT2D eigenvalue weighted by Crippen LogP contribution is -1.90. The van der Waals surface area contributed by atoms with E-state index in [0.717, 1.165) is 10.2 Å². The Balaban J connectivity index is 1.49. The lowest BCUT2D eigenvalue weighted by Gasteiger charge is -2.00. The number of hydrogen-bond acceptors (Lipinski definition) is 7. The van der Waals surface area contributed by atoms with Gasteiger partial charge in [0.1, 0.15) is 5.75 Å². The second-order valence-corrected chi connectivity index (χ2v) is 7.25. The average Bonchev–Trinajstić information content (AvgIpc) is 3.11. The van der Waals surface area contributed by atoms with Crippen LogP contribution in [-0.2, 0) is 0 Å². The molecule has 0 atom stereocenters. The zero-order chi connectivity index (χ0) is 19.3. The van der Waals surface area contributed by atoms with Gasteiger partial charge in [-0.25, -0.2) is 4.98 Å². The molecular weight excluding hydrogens is 394 g/mol. The number of para-hydroxylation sites is 1. The second-order valence-electron chi connectivity index (χ2n) is 5.78. The van der Waals surface area contributed by atoms with Gasteiger partial charge in [-0.3, -0.25) is 5.43 Å². The van der Waals surface area contributed by atoms with Crippen LogP contribution in [0.25, 0.3) is 10.2 Å². The summed E-state index contributed by atoms with van der Waals surface area (Å²) in [7, 11) is 0. The number of azo groups is 1. The molecule has 0 radical (unpaired) electrons. The van der Waals surface area contributed by atoms with Crippen LogP contribution >= 0.6 is 22.9 Å². The third-order valence-electron chi connectivity index (χ3n) is 3.76. The van der Waals surface area contributed by atoms with Gasteiger partial charge in [0.15, 0.2) is 0 Å².